The molecule has 9 heteroatoms. The Morgan fingerprint density at radius 2 is 2.03 bits per heavy atom. The standard InChI is InChI=1S/C23H40N6O2S.CH4/c1-15(2)14-29(17-10-16(19(24)30)11-25-12-17)21(31)18-13-27-22(23(3,4)5)28-20(18)26-8-7-9-32-6;/h13,15-17,25H,7-12,14H2,1-6H3,(H2,24,30)(H,26,27,28);1H4/t16-,17+;/m1./s1. The van der Waals surface area contributed by atoms with Gasteiger partial charge in [-0.1, -0.05) is 42.0 Å². The Morgan fingerprint density at radius 3 is 2.61 bits per heavy atom. The molecule has 188 valence electrons. The Kier molecular flexibility index (Phi) is 11.6. The van der Waals surface area contributed by atoms with E-state index in [0.717, 1.165) is 18.7 Å². The number of thioether (sulfide) groups is 1. The van der Waals surface area contributed by atoms with Crippen LogP contribution in [0, 0.1) is 11.8 Å². The van der Waals surface area contributed by atoms with E-state index in [1.807, 2.05) is 4.90 Å². The number of carbonyl (C=O) groups is 2. The van der Waals surface area contributed by atoms with Gasteiger partial charge in [0.25, 0.3) is 5.91 Å². The molecule has 0 unspecified atom stereocenters. The molecule has 0 aromatic carbocycles. The highest BCUT2D eigenvalue weighted by atomic mass is 32.2. The summed E-state index contributed by atoms with van der Waals surface area (Å²) < 4.78 is 0. The van der Waals surface area contributed by atoms with Crippen molar-refractivity contribution >= 4 is 29.4 Å². The van der Waals surface area contributed by atoms with Crippen LogP contribution in [0.5, 0.6) is 0 Å². The summed E-state index contributed by atoms with van der Waals surface area (Å²) in [6.07, 6.45) is 5.28. The molecular formula is C24H44N6O2S. The monoisotopic (exact) mass is 480 g/mol. The Morgan fingerprint density at radius 1 is 1.33 bits per heavy atom. The van der Waals surface area contributed by atoms with Crippen molar-refractivity contribution in [3.05, 3.63) is 17.6 Å². The lowest BCUT2D eigenvalue weighted by Crippen LogP contribution is -2.54. The van der Waals surface area contributed by atoms with Gasteiger partial charge in [0.1, 0.15) is 17.2 Å². The Balaban J connectivity index is 0.00000544. The highest BCUT2D eigenvalue weighted by Crippen LogP contribution is 2.25. The highest BCUT2D eigenvalue weighted by molar-refractivity contribution is 7.98. The third kappa shape index (κ3) is 8.45. The number of amides is 2. The van der Waals surface area contributed by atoms with Crippen molar-refractivity contribution in [3.8, 4) is 0 Å². The molecule has 0 bridgehead atoms. The number of hydrogen-bond donors (Lipinski definition) is 3. The normalized spacial score (nSPS) is 18.5. The van der Waals surface area contributed by atoms with Crippen molar-refractivity contribution in [3.63, 3.8) is 0 Å². The van der Waals surface area contributed by atoms with Crippen molar-refractivity contribution in [1.29, 1.82) is 0 Å². The number of nitrogens with two attached hydrogens (primary N) is 1. The van der Waals surface area contributed by atoms with Crippen molar-refractivity contribution in [1.82, 2.24) is 20.2 Å². The molecular weight excluding hydrogens is 436 g/mol. The molecule has 2 amide bonds. The first-order chi connectivity index (χ1) is 15.0. The number of rotatable bonds is 10. The molecule has 0 radical (unpaired) electrons. The molecule has 2 atom stereocenters. The highest BCUT2D eigenvalue weighted by Gasteiger charge is 2.34. The number of hydrogen-bond acceptors (Lipinski definition) is 7. The molecule has 2 heterocycles. The van der Waals surface area contributed by atoms with Gasteiger partial charge in [-0.05, 0) is 30.8 Å². The second kappa shape index (κ2) is 13.1. The maximum absolute atomic E-state index is 13.8. The lowest BCUT2D eigenvalue weighted by atomic mass is 9.93. The van der Waals surface area contributed by atoms with Crippen molar-refractivity contribution in [2.24, 2.45) is 17.6 Å². The SMILES string of the molecule is C.CSCCCNc1nc(C(C)(C)C)ncc1C(=O)N(CC(C)C)[C@@H]1CNC[C@H](C(N)=O)C1. The van der Waals surface area contributed by atoms with E-state index in [1.165, 1.54) is 0 Å². The quantitative estimate of drug-likeness (QED) is 0.441. The van der Waals surface area contributed by atoms with E-state index in [9.17, 15) is 9.59 Å². The topological polar surface area (TPSA) is 113 Å². The van der Waals surface area contributed by atoms with Crippen LogP contribution in [-0.4, -0.2) is 70.9 Å². The fourth-order valence-corrected chi connectivity index (χ4v) is 4.21. The van der Waals surface area contributed by atoms with Crippen molar-refractivity contribution in [2.75, 3.05) is 43.5 Å². The van der Waals surface area contributed by atoms with Crippen LogP contribution in [0.25, 0.3) is 0 Å². The van der Waals surface area contributed by atoms with Crippen LogP contribution in [0.3, 0.4) is 0 Å². The molecule has 0 spiro atoms. The first-order valence-corrected chi connectivity index (χ1v) is 12.8. The zero-order valence-electron chi connectivity index (χ0n) is 20.4. The second-order valence-electron chi connectivity index (χ2n) is 9.98. The Labute approximate surface area is 204 Å². The summed E-state index contributed by atoms with van der Waals surface area (Å²) in [6, 6.07) is -0.109. The molecule has 1 aliphatic heterocycles. The van der Waals surface area contributed by atoms with Crippen molar-refractivity contribution < 1.29 is 9.59 Å². The van der Waals surface area contributed by atoms with Gasteiger partial charge in [0.2, 0.25) is 5.91 Å². The molecule has 1 aliphatic rings. The predicted octanol–water partition coefficient (Wildman–Crippen LogP) is 3.14. The first kappa shape index (κ1) is 29.2. The van der Waals surface area contributed by atoms with Gasteiger partial charge in [-0.25, -0.2) is 9.97 Å². The van der Waals surface area contributed by atoms with E-state index < -0.39 is 0 Å². The maximum atomic E-state index is 13.8. The van der Waals surface area contributed by atoms with Crippen LogP contribution in [0.2, 0.25) is 0 Å². The summed E-state index contributed by atoms with van der Waals surface area (Å²) in [5, 5.41) is 6.65. The minimum atomic E-state index is -0.326. The molecule has 2 rings (SSSR count). The van der Waals surface area contributed by atoms with E-state index >= 15 is 0 Å². The second-order valence-corrected chi connectivity index (χ2v) is 11.0. The zero-order valence-corrected chi connectivity index (χ0v) is 21.2. The fourth-order valence-electron chi connectivity index (χ4n) is 3.78. The summed E-state index contributed by atoms with van der Waals surface area (Å²) in [4.78, 5) is 36.7. The third-order valence-corrected chi connectivity index (χ3v) is 6.20. The first-order valence-electron chi connectivity index (χ1n) is 11.5. The number of carbonyl (C=O) groups excluding carboxylic acids is 2. The van der Waals surface area contributed by atoms with Gasteiger partial charge in [-0.15, -0.1) is 0 Å². The molecule has 8 nitrogen and oxygen atoms in total. The van der Waals surface area contributed by atoms with E-state index in [0.29, 0.717) is 43.3 Å². The predicted molar refractivity (Wildman–Crippen MR) is 139 cm³/mol. The number of nitrogens with zero attached hydrogens (tertiary/aromatic N) is 3. The third-order valence-electron chi connectivity index (χ3n) is 5.50. The van der Waals surface area contributed by atoms with Crippen molar-refractivity contribution in [2.45, 2.75) is 66.3 Å². The number of nitrogens with one attached hydrogen (secondary N) is 2. The minimum Gasteiger partial charge on any atom is -0.369 e. The molecule has 33 heavy (non-hydrogen) atoms. The average Bonchev–Trinajstić information content (AvgIpc) is 2.73. The van der Waals surface area contributed by atoms with Crippen LogP contribution in [0.4, 0.5) is 5.82 Å². The molecule has 4 N–H and O–H groups in total. The molecule has 1 saturated heterocycles. The van der Waals surface area contributed by atoms with E-state index in [2.05, 4.69) is 56.5 Å². The minimum absolute atomic E-state index is 0. The molecule has 0 saturated carbocycles. The summed E-state index contributed by atoms with van der Waals surface area (Å²) in [5.74, 6) is 1.89. The summed E-state index contributed by atoms with van der Waals surface area (Å²) in [6.45, 7) is 12.9. The van der Waals surface area contributed by atoms with Crippen LogP contribution in [0.1, 0.15) is 71.1 Å². The van der Waals surface area contributed by atoms with Crippen LogP contribution in [-0.2, 0) is 10.2 Å². The molecule has 0 aliphatic carbocycles. The molecule has 1 fully saturated rings. The average molecular weight is 481 g/mol. The number of anilines is 1. The van der Waals surface area contributed by atoms with E-state index in [-0.39, 0.29) is 42.5 Å². The lowest BCUT2D eigenvalue weighted by Gasteiger charge is -2.38. The summed E-state index contributed by atoms with van der Waals surface area (Å²) in [7, 11) is 0. The van der Waals surface area contributed by atoms with Gasteiger partial charge < -0.3 is 21.3 Å². The zero-order chi connectivity index (χ0) is 23.9. The maximum Gasteiger partial charge on any atom is 0.259 e. The van der Waals surface area contributed by atoms with Gasteiger partial charge >= 0.3 is 0 Å². The summed E-state index contributed by atoms with van der Waals surface area (Å²) in [5.41, 5.74) is 5.82. The van der Waals surface area contributed by atoms with Gasteiger partial charge in [-0.3, -0.25) is 9.59 Å². The molecule has 1 aromatic heterocycles. The van der Waals surface area contributed by atoms with Crippen LogP contribution < -0.4 is 16.4 Å². The van der Waals surface area contributed by atoms with Crippen LogP contribution in [0.15, 0.2) is 6.20 Å². The van der Waals surface area contributed by atoms with Crippen LogP contribution >= 0.6 is 11.8 Å². The van der Waals surface area contributed by atoms with Gasteiger partial charge in [0, 0.05) is 43.8 Å². The lowest BCUT2D eigenvalue weighted by molar-refractivity contribution is -0.122. The van der Waals surface area contributed by atoms with E-state index in [4.69, 9.17) is 10.7 Å². The summed E-state index contributed by atoms with van der Waals surface area (Å²) >= 11 is 1.80. The number of aromatic nitrogens is 2. The van der Waals surface area contributed by atoms with Gasteiger partial charge in [0.15, 0.2) is 0 Å². The smallest absolute Gasteiger partial charge is 0.259 e. The Hall–Kier alpha value is -1.87. The number of piperidine rings is 1. The van der Waals surface area contributed by atoms with E-state index in [1.54, 1.807) is 18.0 Å². The van der Waals surface area contributed by atoms with Gasteiger partial charge in [-0.2, -0.15) is 11.8 Å². The van der Waals surface area contributed by atoms with Gasteiger partial charge in [0.05, 0.1) is 5.92 Å². The largest absolute Gasteiger partial charge is 0.369 e. The fraction of sp³-hybridized carbons (Fsp3) is 0.750. The number of primary amides is 1. The molecule has 1 aromatic rings. The Bertz CT molecular complexity index is 781.